The maximum absolute atomic E-state index is 11.8. The highest BCUT2D eigenvalue weighted by Gasteiger charge is 2.26. The van der Waals surface area contributed by atoms with Crippen molar-refractivity contribution < 1.29 is 14.4 Å². The summed E-state index contributed by atoms with van der Waals surface area (Å²) in [6.45, 7) is 5.53. The largest absolute Gasteiger partial charge is 0.440 e. The molecule has 4 nitrogen and oxygen atoms in total. The number of nitrogens with one attached hydrogen (secondary N) is 2. The quantitative estimate of drug-likeness (QED) is 0.793. The molecule has 1 aliphatic carbocycles. The van der Waals surface area contributed by atoms with Crippen LogP contribution in [0.5, 0.6) is 0 Å². The Morgan fingerprint density at radius 3 is 2.72 bits per heavy atom. The maximum Gasteiger partial charge on any atom is 0.407 e. The first-order valence-electron chi connectivity index (χ1n) is 7.58. The van der Waals surface area contributed by atoms with Crippen LogP contribution in [0.2, 0.25) is 0 Å². The second-order valence-corrected chi connectivity index (χ2v) is 5.71. The Labute approximate surface area is 110 Å². The van der Waals surface area contributed by atoms with Crippen LogP contribution in [0, 0.1) is 0 Å². The van der Waals surface area contributed by atoms with Crippen molar-refractivity contribution in [2.24, 2.45) is 0 Å². The van der Waals surface area contributed by atoms with E-state index in [1.807, 2.05) is 0 Å². The molecule has 1 saturated heterocycles. The van der Waals surface area contributed by atoms with Gasteiger partial charge in [0.25, 0.3) is 0 Å². The van der Waals surface area contributed by atoms with Gasteiger partial charge < -0.3 is 15.0 Å². The predicted octanol–water partition coefficient (Wildman–Crippen LogP) is 1.11. The molecule has 2 rings (SSSR count). The average molecular weight is 255 g/mol. The van der Waals surface area contributed by atoms with Gasteiger partial charge >= 0.3 is 6.09 Å². The van der Waals surface area contributed by atoms with Crippen LogP contribution >= 0.6 is 0 Å². The number of alkyl carbamates (subject to hydrolysis) is 1. The lowest BCUT2D eigenvalue weighted by Crippen LogP contribution is -3.13. The first-order valence-corrected chi connectivity index (χ1v) is 7.58. The third-order valence-corrected chi connectivity index (χ3v) is 4.27. The van der Waals surface area contributed by atoms with Crippen LogP contribution in [-0.2, 0) is 4.74 Å². The molecule has 0 aromatic carbocycles. The van der Waals surface area contributed by atoms with E-state index < -0.39 is 0 Å². The van der Waals surface area contributed by atoms with Crippen molar-refractivity contribution in [1.29, 1.82) is 0 Å². The molecule has 2 atom stereocenters. The molecule has 0 aromatic heterocycles. The van der Waals surface area contributed by atoms with E-state index in [2.05, 4.69) is 12.2 Å². The summed E-state index contributed by atoms with van der Waals surface area (Å²) in [6, 6.07) is 0.351. The van der Waals surface area contributed by atoms with Gasteiger partial charge in [-0.3, -0.25) is 0 Å². The second-order valence-electron chi connectivity index (χ2n) is 5.71. The number of likely N-dealkylation sites (N-methyl/N-ethyl adjacent to an activating group) is 1. The van der Waals surface area contributed by atoms with Crippen molar-refractivity contribution in [3.63, 3.8) is 0 Å². The topological polar surface area (TPSA) is 42.8 Å². The van der Waals surface area contributed by atoms with E-state index in [0.717, 1.165) is 32.4 Å². The molecule has 0 spiro atoms. The molecule has 1 saturated carbocycles. The Bertz CT molecular complexity index is 265. The van der Waals surface area contributed by atoms with Crippen molar-refractivity contribution in [2.75, 3.05) is 19.6 Å². The minimum atomic E-state index is -0.191. The van der Waals surface area contributed by atoms with E-state index in [0.29, 0.717) is 6.04 Å². The minimum Gasteiger partial charge on any atom is -0.440 e. The van der Waals surface area contributed by atoms with Gasteiger partial charge in [0.2, 0.25) is 0 Å². The molecule has 0 radical (unpaired) electrons. The van der Waals surface area contributed by atoms with Gasteiger partial charge in [-0.1, -0.05) is 19.3 Å². The number of piperidine rings is 1. The molecule has 0 bridgehead atoms. The molecule has 1 aliphatic heterocycles. The summed E-state index contributed by atoms with van der Waals surface area (Å²) in [5.74, 6) is 0. The summed E-state index contributed by atoms with van der Waals surface area (Å²) in [5, 5.41) is 3.03. The van der Waals surface area contributed by atoms with Crippen LogP contribution in [0.1, 0.15) is 51.9 Å². The van der Waals surface area contributed by atoms with Gasteiger partial charge in [0, 0.05) is 12.5 Å². The van der Waals surface area contributed by atoms with E-state index >= 15 is 0 Å². The zero-order chi connectivity index (χ0) is 12.8. The highest BCUT2D eigenvalue weighted by atomic mass is 16.6. The Hall–Kier alpha value is -0.770. The highest BCUT2D eigenvalue weighted by molar-refractivity contribution is 5.67. The van der Waals surface area contributed by atoms with Crippen LogP contribution in [0.15, 0.2) is 0 Å². The minimum absolute atomic E-state index is 0.122. The summed E-state index contributed by atoms with van der Waals surface area (Å²) in [7, 11) is 0. The van der Waals surface area contributed by atoms with Crippen LogP contribution < -0.4 is 10.2 Å². The smallest absolute Gasteiger partial charge is 0.407 e. The van der Waals surface area contributed by atoms with E-state index in [4.69, 9.17) is 4.74 Å². The predicted molar refractivity (Wildman–Crippen MR) is 70.7 cm³/mol. The fraction of sp³-hybridized carbons (Fsp3) is 0.929. The number of amides is 1. The van der Waals surface area contributed by atoms with Gasteiger partial charge in [-0.15, -0.1) is 0 Å². The van der Waals surface area contributed by atoms with Crippen molar-refractivity contribution in [3.8, 4) is 0 Å². The van der Waals surface area contributed by atoms with Crippen molar-refractivity contribution in [3.05, 3.63) is 0 Å². The zero-order valence-corrected chi connectivity index (χ0v) is 11.5. The summed E-state index contributed by atoms with van der Waals surface area (Å²) in [4.78, 5) is 13.4. The number of carbonyl (C=O) groups excluding carboxylic acids is 1. The average Bonchev–Trinajstić information content (AvgIpc) is 2.40. The van der Waals surface area contributed by atoms with Gasteiger partial charge in [0.05, 0.1) is 13.1 Å². The number of likely N-dealkylation sites (tertiary alicyclic amines) is 1. The fourth-order valence-electron chi connectivity index (χ4n) is 3.13. The first-order chi connectivity index (χ1) is 8.78. The number of hydrogen-bond donors (Lipinski definition) is 2. The molecule has 104 valence electrons. The number of quaternary nitrogens is 1. The molecule has 2 aliphatic rings. The Kier molecular flexibility index (Phi) is 5.29. The number of hydrogen-bond acceptors (Lipinski definition) is 2. The maximum atomic E-state index is 11.8. The third kappa shape index (κ3) is 4.16. The Balaban J connectivity index is 1.69. The molecule has 0 aromatic rings. The Morgan fingerprint density at radius 1 is 1.22 bits per heavy atom. The molecule has 2 unspecified atom stereocenters. The van der Waals surface area contributed by atoms with E-state index in [9.17, 15) is 4.79 Å². The second kappa shape index (κ2) is 6.98. The number of rotatable bonds is 3. The van der Waals surface area contributed by atoms with E-state index in [-0.39, 0.29) is 12.2 Å². The summed E-state index contributed by atoms with van der Waals surface area (Å²) in [6.07, 6.45) is 8.15. The summed E-state index contributed by atoms with van der Waals surface area (Å²) < 4.78 is 5.56. The summed E-state index contributed by atoms with van der Waals surface area (Å²) >= 11 is 0. The van der Waals surface area contributed by atoms with Crippen LogP contribution in [-0.4, -0.2) is 37.9 Å². The monoisotopic (exact) mass is 255 g/mol. The van der Waals surface area contributed by atoms with Crippen molar-refractivity contribution in [1.82, 2.24) is 5.32 Å². The van der Waals surface area contributed by atoms with Crippen LogP contribution in [0.3, 0.4) is 0 Å². The SMILES string of the molecule is CC[NH+]1CCCC(OC(=O)NC2CCCCC2)C1. The lowest BCUT2D eigenvalue weighted by molar-refractivity contribution is -0.906. The number of carbonyl (C=O) groups is 1. The summed E-state index contributed by atoms with van der Waals surface area (Å²) in [5.41, 5.74) is 0. The zero-order valence-electron chi connectivity index (χ0n) is 11.5. The fourth-order valence-corrected chi connectivity index (χ4v) is 3.13. The van der Waals surface area contributed by atoms with E-state index in [1.54, 1.807) is 4.90 Å². The lowest BCUT2D eigenvalue weighted by atomic mass is 9.96. The van der Waals surface area contributed by atoms with Crippen LogP contribution in [0.4, 0.5) is 4.79 Å². The van der Waals surface area contributed by atoms with Crippen molar-refractivity contribution in [2.45, 2.75) is 64.0 Å². The molecular formula is C14H27N2O2+. The van der Waals surface area contributed by atoms with Crippen LogP contribution in [0.25, 0.3) is 0 Å². The molecule has 2 fully saturated rings. The normalized spacial score (nSPS) is 29.8. The molecule has 1 amide bonds. The number of ether oxygens (including phenoxy) is 1. The Morgan fingerprint density at radius 2 is 2.00 bits per heavy atom. The lowest BCUT2D eigenvalue weighted by Gasteiger charge is -2.29. The van der Waals surface area contributed by atoms with Gasteiger partial charge in [-0.25, -0.2) is 4.79 Å². The highest BCUT2D eigenvalue weighted by Crippen LogP contribution is 2.17. The van der Waals surface area contributed by atoms with Gasteiger partial charge in [-0.05, 0) is 26.2 Å². The van der Waals surface area contributed by atoms with E-state index in [1.165, 1.54) is 32.2 Å². The van der Waals surface area contributed by atoms with Gasteiger partial charge in [0.15, 0.2) is 6.10 Å². The molecular weight excluding hydrogens is 228 g/mol. The molecule has 2 N–H and O–H groups in total. The molecule has 18 heavy (non-hydrogen) atoms. The first kappa shape index (κ1) is 13.7. The van der Waals surface area contributed by atoms with Gasteiger partial charge in [-0.2, -0.15) is 0 Å². The molecule has 4 heteroatoms. The third-order valence-electron chi connectivity index (χ3n) is 4.27. The van der Waals surface area contributed by atoms with Gasteiger partial charge in [0.1, 0.15) is 6.54 Å². The molecule has 1 heterocycles. The standard InChI is InChI=1S/C14H26N2O2/c1-2-16-10-6-9-13(11-16)18-14(17)15-12-7-4-3-5-8-12/h12-13H,2-11H2,1H3,(H,15,17)/p+1. The van der Waals surface area contributed by atoms with Crippen molar-refractivity contribution >= 4 is 6.09 Å².